The third-order valence-electron chi connectivity index (χ3n) is 6.41. The molecule has 7 nitrogen and oxygen atoms in total. The lowest BCUT2D eigenvalue weighted by molar-refractivity contribution is -0.122. The summed E-state index contributed by atoms with van der Waals surface area (Å²) in [5, 5.41) is -0.0802. The average Bonchev–Trinajstić information content (AvgIpc) is 2.85. The number of ether oxygens (including phenoxy) is 1. The molecule has 34 heavy (non-hydrogen) atoms. The van der Waals surface area contributed by atoms with Crippen LogP contribution < -0.4 is 5.56 Å². The van der Waals surface area contributed by atoms with Crippen LogP contribution in [0.1, 0.15) is 60.6 Å². The Labute approximate surface area is 194 Å². The van der Waals surface area contributed by atoms with Gasteiger partial charge in [-0.05, 0) is 30.5 Å². The van der Waals surface area contributed by atoms with E-state index < -0.39 is 29.2 Å². The molecule has 0 N–H and O–H groups in total. The number of esters is 1. The lowest BCUT2D eigenvalue weighted by Crippen LogP contribution is -2.33. The first kappa shape index (κ1) is 23.7. The third kappa shape index (κ3) is 5.03. The Morgan fingerprint density at radius 2 is 1.85 bits per heavy atom. The molecule has 178 valence electrons. The van der Waals surface area contributed by atoms with Gasteiger partial charge in [-0.15, -0.1) is 0 Å². The molecule has 0 bridgehead atoms. The van der Waals surface area contributed by atoms with Crippen LogP contribution in [0.25, 0.3) is 10.9 Å². The van der Waals surface area contributed by atoms with Gasteiger partial charge in [0.15, 0.2) is 17.4 Å². The zero-order valence-electron chi connectivity index (χ0n) is 18.8. The molecule has 1 aliphatic carbocycles. The maximum Gasteiger partial charge on any atom is 0.339 e. The maximum atomic E-state index is 13.8. The number of hydrogen-bond donors (Lipinski definition) is 0. The second kappa shape index (κ2) is 10.2. The van der Waals surface area contributed by atoms with Gasteiger partial charge in [-0.1, -0.05) is 32.1 Å². The summed E-state index contributed by atoms with van der Waals surface area (Å²) in [6.07, 6.45) is 8.18. The predicted octanol–water partition coefficient (Wildman–Crippen LogP) is 4.18. The number of aromatic nitrogens is 3. The number of pyridine rings is 1. The van der Waals surface area contributed by atoms with Gasteiger partial charge in [-0.3, -0.25) is 19.1 Å². The normalized spacial score (nSPS) is 15.3. The Kier molecular flexibility index (Phi) is 7.09. The van der Waals surface area contributed by atoms with E-state index in [0.29, 0.717) is 12.1 Å². The standard InChI is InChI=1S/C25H25F2N3O4/c1-34-25(33)16-7-8-17(28-13-16)10-23(31)22(9-15-5-3-2-4-6-15)30-14-29-21-12-20(27)19(26)11-18(21)24(30)32/h7-8,11-15,22H,2-6,9-10H2,1H3. The fourth-order valence-electron chi connectivity index (χ4n) is 4.56. The van der Waals surface area contributed by atoms with Crippen LogP contribution in [-0.2, 0) is 16.0 Å². The summed E-state index contributed by atoms with van der Waals surface area (Å²) in [6.45, 7) is 0. The number of fused-ring (bicyclic) bond motifs is 1. The van der Waals surface area contributed by atoms with Crippen molar-refractivity contribution in [2.75, 3.05) is 7.11 Å². The van der Waals surface area contributed by atoms with Crippen molar-refractivity contribution in [3.8, 4) is 0 Å². The van der Waals surface area contributed by atoms with Crippen molar-refractivity contribution >= 4 is 22.7 Å². The number of ketones is 1. The van der Waals surface area contributed by atoms with Gasteiger partial charge in [0.25, 0.3) is 5.56 Å². The quantitative estimate of drug-likeness (QED) is 0.482. The lowest BCUT2D eigenvalue weighted by Gasteiger charge is -2.27. The maximum absolute atomic E-state index is 13.8. The van der Waals surface area contributed by atoms with Crippen molar-refractivity contribution in [3.63, 3.8) is 0 Å². The number of Topliss-reactive ketones (excluding diaryl/α,β-unsaturated/α-hetero) is 1. The van der Waals surface area contributed by atoms with Gasteiger partial charge < -0.3 is 4.74 Å². The minimum atomic E-state index is -1.14. The predicted molar refractivity (Wildman–Crippen MR) is 120 cm³/mol. The first-order chi connectivity index (χ1) is 16.4. The summed E-state index contributed by atoms with van der Waals surface area (Å²) < 4.78 is 33.3. The molecule has 1 saturated carbocycles. The number of hydrogen-bond acceptors (Lipinski definition) is 6. The van der Waals surface area contributed by atoms with Crippen LogP contribution in [-0.4, -0.2) is 33.4 Å². The van der Waals surface area contributed by atoms with Gasteiger partial charge in [-0.25, -0.2) is 18.6 Å². The van der Waals surface area contributed by atoms with Crippen LogP contribution in [0.15, 0.2) is 41.6 Å². The Balaban J connectivity index is 1.67. The fraction of sp³-hybridized carbons (Fsp3) is 0.400. The van der Waals surface area contributed by atoms with Gasteiger partial charge in [0.05, 0.1) is 42.4 Å². The highest BCUT2D eigenvalue weighted by atomic mass is 19.2. The van der Waals surface area contributed by atoms with Gasteiger partial charge in [0.1, 0.15) is 0 Å². The molecular weight excluding hydrogens is 444 g/mol. The topological polar surface area (TPSA) is 91.2 Å². The molecule has 0 radical (unpaired) electrons. The van der Waals surface area contributed by atoms with Crippen molar-refractivity contribution in [1.29, 1.82) is 0 Å². The van der Waals surface area contributed by atoms with E-state index in [1.807, 2.05) is 0 Å². The fourth-order valence-corrected chi connectivity index (χ4v) is 4.56. The molecule has 2 aromatic heterocycles. The van der Waals surface area contributed by atoms with E-state index in [1.165, 1.54) is 30.3 Å². The molecule has 2 heterocycles. The number of benzene rings is 1. The first-order valence-corrected chi connectivity index (χ1v) is 11.3. The number of carbonyl (C=O) groups excluding carboxylic acids is 2. The zero-order valence-corrected chi connectivity index (χ0v) is 18.8. The molecule has 0 amide bonds. The van der Waals surface area contributed by atoms with Crippen LogP contribution in [0.2, 0.25) is 0 Å². The lowest BCUT2D eigenvalue weighted by atomic mass is 9.83. The Morgan fingerprint density at radius 3 is 2.53 bits per heavy atom. The Bertz CT molecular complexity index is 1270. The SMILES string of the molecule is COC(=O)c1ccc(CC(=O)C(CC2CCCCC2)n2cnc3cc(F)c(F)cc3c2=O)nc1. The summed E-state index contributed by atoms with van der Waals surface area (Å²) in [7, 11) is 1.27. The highest BCUT2D eigenvalue weighted by molar-refractivity contribution is 5.89. The highest BCUT2D eigenvalue weighted by Crippen LogP contribution is 2.31. The molecule has 4 rings (SSSR count). The van der Waals surface area contributed by atoms with Crippen LogP contribution >= 0.6 is 0 Å². The summed E-state index contributed by atoms with van der Waals surface area (Å²) >= 11 is 0. The summed E-state index contributed by atoms with van der Waals surface area (Å²) in [5.74, 6) is -2.74. The summed E-state index contributed by atoms with van der Waals surface area (Å²) in [4.78, 5) is 46.6. The van der Waals surface area contributed by atoms with E-state index in [1.54, 1.807) is 6.07 Å². The molecule has 1 atom stereocenters. The highest BCUT2D eigenvalue weighted by Gasteiger charge is 2.28. The molecule has 1 aromatic carbocycles. The molecule has 0 aliphatic heterocycles. The molecule has 9 heteroatoms. The van der Waals surface area contributed by atoms with Crippen molar-refractivity contribution in [1.82, 2.24) is 14.5 Å². The van der Waals surface area contributed by atoms with Gasteiger partial charge >= 0.3 is 5.97 Å². The van der Waals surface area contributed by atoms with Crippen molar-refractivity contribution < 1.29 is 23.1 Å². The minimum Gasteiger partial charge on any atom is -0.465 e. The van der Waals surface area contributed by atoms with Gasteiger partial charge in [0, 0.05) is 18.0 Å². The van der Waals surface area contributed by atoms with Gasteiger partial charge in [-0.2, -0.15) is 0 Å². The van der Waals surface area contributed by atoms with Crippen molar-refractivity contribution in [2.45, 2.75) is 51.0 Å². The van der Waals surface area contributed by atoms with Gasteiger partial charge in [0.2, 0.25) is 0 Å². The smallest absolute Gasteiger partial charge is 0.339 e. The molecule has 3 aromatic rings. The van der Waals surface area contributed by atoms with Crippen LogP contribution in [0.4, 0.5) is 8.78 Å². The monoisotopic (exact) mass is 469 g/mol. The van der Waals surface area contributed by atoms with Crippen molar-refractivity contribution in [2.24, 2.45) is 5.92 Å². The second-order valence-corrected chi connectivity index (χ2v) is 8.67. The molecule has 0 saturated heterocycles. The Morgan fingerprint density at radius 1 is 1.12 bits per heavy atom. The largest absolute Gasteiger partial charge is 0.465 e. The summed E-state index contributed by atoms with van der Waals surface area (Å²) in [6, 6.07) is 3.98. The van der Waals surface area contributed by atoms with E-state index in [-0.39, 0.29) is 34.6 Å². The molecule has 1 fully saturated rings. The van der Waals surface area contributed by atoms with Crippen LogP contribution in [0.5, 0.6) is 0 Å². The van der Waals surface area contributed by atoms with E-state index in [9.17, 15) is 23.2 Å². The third-order valence-corrected chi connectivity index (χ3v) is 6.41. The number of carbonyl (C=O) groups is 2. The minimum absolute atomic E-state index is 0.0316. The molecular formula is C25H25F2N3O4. The summed E-state index contributed by atoms with van der Waals surface area (Å²) in [5.41, 5.74) is 0.152. The van der Waals surface area contributed by atoms with Crippen LogP contribution in [0, 0.1) is 17.6 Å². The zero-order chi connectivity index (χ0) is 24.2. The van der Waals surface area contributed by atoms with E-state index >= 15 is 0 Å². The molecule has 1 aliphatic rings. The first-order valence-electron chi connectivity index (χ1n) is 11.3. The number of halogens is 2. The van der Waals surface area contributed by atoms with Crippen molar-refractivity contribution in [3.05, 3.63) is 70.0 Å². The second-order valence-electron chi connectivity index (χ2n) is 8.67. The van der Waals surface area contributed by atoms with Crippen LogP contribution in [0.3, 0.4) is 0 Å². The molecule has 0 spiro atoms. The van der Waals surface area contributed by atoms with E-state index in [2.05, 4.69) is 14.7 Å². The number of rotatable bonds is 7. The molecule has 1 unspecified atom stereocenters. The Hall–Kier alpha value is -3.49. The number of methoxy groups -OCH3 is 1. The number of nitrogens with zero attached hydrogens (tertiary/aromatic N) is 3. The average molecular weight is 469 g/mol. The van der Waals surface area contributed by atoms with E-state index in [4.69, 9.17) is 0 Å². The van der Waals surface area contributed by atoms with E-state index in [0.717, 1.165) is 44.2 Å².